The van der Waals surface area contributed by atoms with E-state index >= 15 is 0 Å². The molecule has 134 valence electrons. The summed E-state index contributed by atoms with van der Waals surface area (Å²) in [5.74, 6) is -0.611. The molecule has 1 aromatic heterocycles. The molecule has 1 unspecified atom stereocenters. The zero-order valence-electron chi connectivity index (χ0n) is 13.3. The Balaban J connectivity index is 1.93. The largest absolute Gasteiger partial charge is 0.507 e. The summed E-state index contributed by atoms with van der Waals surface area (Å²) in [6.07, 6.45) is 0.791. The minimum absolute atomic E-state index is 0.0180. The lowest BCUT2D eigenvalue weighted by Gasteiger charge is -2.23. The molecular weight excluding hydrogens is 337 g/mol. The number of nitrogens with zero attached hydrogens (tertiary/aromatic N) is 2. The summed E-state index contributed by atoms with van der Waals surface area (Å²) >= 11 is 0. The van der Waals surface area contributed by atoms with Crippen molar-refractivity contribution in [2.75, 3.05) is 6.61 Å². The van der Waals surface area contributed by atoms with Gasteiger partial charge in [0.1, 0.15) is 5.75 Å². The van der Waals surface area contributed by atoms with Crippen molar-refractivity contribution in [2.24, 2.45) is 0 Å². The number of aromatic nitrogens is 2. The molecule has 1 aliphatic heterocycles. The van der Waals surface area contributed by atoms with Crippen LogP contribution in [0.5, 0.6) is 5.75 Å². The Morgan fingerprint density at radius 2 is 2.08 bits per heavy atom. The van der Waals surface area contributed by atoms with Crippen LogP contribution in [-0.2, 0) is 17.5 Å². The molecule has 8 heteroatoms. The molecule has 0 saturated carbocycles. The van der Waals surface area contributed by atoms with E-state index in [-0.39, 0.29) is 17.2 Å². The number of hydrogen-bond donors (Lipinski definition) is 1. The van der Waals surface area contributed by atoms with Crippen molar-refractivity contribution in [3.8, 4) is 16.9 Å². The van der Waals surface area contributed by atoms with Crippen LogP contribution in [0.15, 0.2) is 35.5 Å². The van der Waals surface area contributed by atoms with Gasteiger partial charge in [-0.05, 0) is 37.5 Å². The molecule has 0 bridgehead atoms. The molecule has 1 atom stereocenters. The fourth-order valence-corrected chi connectivity index (χ4v) is 2.87. The topological polar surface area (TPSA) is 64.3 Å². The van der Waals surface area contributed by atoms with Crippen LogP contribution in [0.2, 0.25) is 0 Å². The Labute approximate surface area is 141 Å². The number of phenols is 1. The highest BCUT2D eigenvalue weighted by molar-refractivity contribution is 5.69. The molecule has 25 heavy (non-hydrogen) atoms. The van der Waals surface area contributed by atoms with Gasteiger partial charge in [0.2, 0.25) is 0 Å². The predicted molar refractivity (Wildman–Crippen MR) is 84.2 cm³/mol. The van der Waals surface area contributed by atoms with Crippen molar-refractivity contribution >= 4 is 0 Å². The lowest BCUT2D eigenvalue weighted by molar-refractivity contribution is -0.137. The summed E-state index contributed by atoms with van der Waals surface area (Å²) in [5.41, 5.74) is -1.35. The fourth-order valence-electron chi connectivity index (χ4n) is 2.87. The third kappa shape index (κ3) is 3.84. The second-order valence-corrected chi connectivity index (χ2v) is 5.98. The molecule has 2 aromatic rings. The Morgan fingerprint density at radius 3 is 2.72 bits per heavy atom. The molecular formula is C17H17F3N2O3. The molecule has 3 rings (SSSR count). The molecule has 2 heterocycles. The van der Waals surface area contributed by atoms with E-state index in [1.807, 2.05) is 0 Å². The summed E-state index contributed by atoms with van der Waals surface area (Å²) in [6, 6.07) is 2.52. The van der Waals surface area contributed by atoms with Gasteiger partial charge in [-0.15, -0.1) is 0 Å². The summed E-state index contributed by atoms with van der Waals surface area (Å²) in [7, 11) is 0. The number of ether oxygens (including phenoxy) is 1. The van der Waals surface area contributed by atoms with Crippen molar-refractivity contribution in [3.05, 3.63) is 46.6 Å². The van der Waals surface area contributed by atoms with Crippen LogP contribution in [0.25, 0.3) is 11.1 Å². The molecule has 0 spiro atoms. The quantitative estimate of drug-likeness (QED) is 0.919. The molecule has 0 radical (unpaired) electrons. The number of alkyl halides is 3. The van der Waals surface area contributed by atoms with E-state index in [9.17, 15) is 23.1 Å². The van der Waals surface area contributed by atoms with Crippen LogP contribution in [0.4, 0.5) is 13.2 Å². The number of halogens is 3. The minimum Gasteiger partial charge on any atom is -0.507 e. The van der Waals surface area contributed by atoms with Gasteiger partial charge in [-0.1, -0.05) is 0 Å². The Morgan fingerprint density at radius 1 is 1.28 bits per heavy atom. The first-order valence-corrected chi connectivity index (χ1v) is 7.93. The first kappa shape index (κ1) is 17.5. The van der Waals surface area contributed by atoms with Gasteiger partial charge >= 0.3 is 6.18 Å². The number of phenolic OH excluding ortho intramolecular Hbond substituents is 1. The highest BCUT2D eigenvalue weighted by Crippen LogP contribution is 2.35. The zero-order valence-corrected chi connectivity index (χ0v) is 13.3. The van der Waals surface area contributed by atoms with Gasteiger partial charge in [0.15, 0.2) is 0 Å². The van der Waals surface area contributed by atoms with E-state index in [2.05, 4.69) is 4.98 Å². The van der Waals surface area contributed by atoms with Crippen LogP contribution in [-0.4, -0.2) is 27.4 Å². The van der Waals surface area contributed by atoms with E-state index in [0.29, 0.717) is 19.2 Å². The molecule has 1 saturated heterocycles. The number of rotatable bonds is 3. The first-order valence-electron chi connectivity index (χ1n) is 7.93. The smallest absolute Gasteiger partial charge is 0.416 e. The summed E-state index contributed by atoms with van der Waals surface area (Å²) in [4.78, 5) is 16.6. The Hall–Kier alpha value is -2.35. The summed E-state index contributed by atoms with van der Waals surface area (Å²) in [5, 5.41) is 9.94. The highest BCUT2D eigenvalue weighted by Gasteiger charge is 2.31. The number of aromatic hydroxyl groups is 1. The molecule has 1 fully saturated rings. The Bertz CT molecular complexity index is 812. The second kappa shape index (κ2) is 6.87. The van der Waals surface area contributed by atoms with Crippen molar-refractivity contribution < 1.29 is 23.0 Å². The van der Waals surface area contributed by atoms with Gasteiger partial charge in [0.25, 0.3) is 5.56 Å². The third-order valence-electron chi connectivity index (χ3n) is 4.19. The van der Waals surface area contributed by atoms with Gasteiger partial charge in [-0.3, -0.25) is 9.36 Å². The lowest BCUT2D eigenvalue weighted by atomic mass is 10.0. The second-order valence-electron chi connectivity index (χ2n) is 5.98. The van der Waals surface area contributed by atoms with E-state index in [1.165, 1.54) is 17.1 Å². The van der Waals surface area contributed by atoms with Gasteiger partial charge in [-0.25, -0.2) is 4.98 Å². The van der Waals surface area contributed by atoms with E-state index in [4.69, 9.17) is 4.74 Å². The van der Waals surface area contributed by atoms with E-state index in [0.717, 1.165) is 31.4 Å². The third-order valence-corrected chi connectivity index (χ3v) is 4.19. The maximum Gasteiger partial charge on any atom is 0.416 e. The lowest BCUT2D eigenvalue weighted by Crippen LogP contribution is -2.31. The number of benzene rings is 1. The van der Waals surface area contributed by atoms with Gasteiger partial charge in [-0.2, -0.15) is 13.2 Å². The number of hydrogen-bond acceptors (Lipinski definition) is 4. The van der Waals surface area contributed by atoms with Crippen LogP contribution >= 0.6 is 0 Å². The summed E-state index contributed by atoms with van der Waals surface area (Å²) in [6.45, 7) is 0.966. The average Bonchev–Trinajstić information content (AvgIpc) is 2.57. The molecule has 1 aromatic carbocycles. The molecule has 0 amide bonds. The van der Waals surface area contributed by atoms with Crippen molar-refractivity contribution in [2.45, 2.75) is 38.1 Å². The zero-order chi connectivity index (χ0) is 18.0. The molecule has 1 N–H and O–H groups in total. The van der Waals surface area contributed by atoms with Crippen LogP contribution in [0, 0.1) is 0 Å². The van der Waals surface area contributed by atoms with Gasteiger partial charge in [0, 0.05) is 18.4 Å². The fraction of sp³-hybridized carbons (Fsp3) is 0.412. The maximum absolute atomic E-state index is 12.7. The standard InChI is InChI=1S/C17H17F3N2O3/c18-17(19,20)11-4-5-13(15(23)7-11)14-8-21-10-22(16(14)24)9-12-3-1-2-6-25-12/h4-5,7-8,10,12,23H,1-3,6,9H2. The van der Waals surface area contributed by atoms with Crippen molar-refractivity contribution in [1.29, 1.82) is 0 Å². The molecule has 0 aliphatic carbocycles. The highest BCUT2D eigenvalue weighted by atomic mass is 19.4. The van der Waals surface area contributed by atoms with Crippen LogP contribution < -0.4 is 5.56 Å². The molecule has 5 nitrogen and oxygen atoms in total. The summed E-state index contributed by atoms with van der Waals surface area (Å²) < 4.78 is 45.1. The first-order chi connectivity index (χ1) is 11.9. The average molecular weight is 354 g/mol. The minimum atomic E-state index is -4.57. The van der Waals surface area contributed by atoms with Crippen molar-refractivity contribution in [3.63, 3.8) is 0 Å². The predicted octanol–water partition coefficient (Wildman–Crippen LogP) is 3.20. The molecule has 1 aliphatic rings. The Kier molecular flexibility index (Phi) is 4.80. The van der Waals surface area contributed by atoms with Crippen LogP contribution in [0.3, 0.4) is 0 Å². The van der Waals surface area contributed by atoms with E-state index in [1.54, 1.807) is 0 Å². The normalized spacial score (nSPS) is 18.3. The van der Waals surface area contributed by atoms with Crippen LogP contribution in [0.1, 0.15) is 24.8 Å². The van der Waals surface area contributed by atoms with Gasteiger partial charge in [0.05, 0.1) is 30.1 Å². The maximum atomic E-state index is 12.7. The van der Waals surface area contributed by atoms with Crippen molar-refractivity contribution in [1.82, 2.24) is 9.55 Å². The van der Waals surface area contributed by atoms with Gasteiger partial charge < -0.3 is 9.84 Å². The SMILES string of the molecule is O=c1c(-c2ccc(C(F)(F)F)cc2O)cncn1CC1CCCCO1. The monoisotopic (exact) mass is 354 g/mol. The van der Waals surface area contributed by atoms with E-state index < -0.39 is 23.0 Å².